The number of fused-ring (bicyclic) bond motifs is 1. The minimum Gasteiger partial charge on any atom is -0.484 e. The summed E-state index contributed by atoms with van der Waals surface area (Å²) in [7, 11) is 0. The van der Waals surface area contributed by atoms with Crippen LogP contribution in [-0.2, 0) is 25.2 Å². The summed E-state index contributed by atoms with van der Waals surface area (Å²) in [4.78, 5) is 0. The fraction of sp³-hybridized carbons (Fsp3) is 0.300. The number of hydrogen-bond donors (Lipinski definition) is 0. The van der Waals surface area contributed by atoms with E-state index in [1.165, 1.54) is 47.9 Å². The van der Waals surface area contributed by atoms with E-state index in [1.54, 1.807) is 12.1 Å². The number of ether oxygens (including phenoxy) is 1. The van der Waals surface area contributed by atoms with Gasteiger partial charge in [0.2, 0.25) is 0 Å². The van der Waals surface area contributed by atoms with Gasteiger partial charge in [0.1, 0.15) is 11.6 Å². The standard InChI is InChI=1S/C20H19FN2O2S/c21-17-8-5-14(6-9-17)13-26-20-23-22-19(25-20)12-24-18-10-7-15-3-1-2-4-16(15)11-18/h5-11H,1-4,12-13H2. The van der Waals surface area contributed by atoms with Gasteiger partial charge < -0.3 is 9.15 Å². The first-order chi connectivity index (χ1) is 12.8. The molecule has 0 aliphatic heterocycles. The van der Waals surface area contributed by atoms with Crippen molar-refractivity contribution >= 4 is 11.8 Å². The van der Waals surface area contributed by atoms with Crippen LogP contribution in [0.25, 0.3) is 0 Å². The van der Waals surface area contributed by atoms with Gasteiger partial charge in [-0.05, 0) is 66.6 Å². The molecule has 0 bridgehead atoms. The van der Waals surface area contributed by atoms with Crippen LogP contribution in [-0.4, -0.2) is 10.2 Å². The highest BCUT2D eigenvalue weighted by Gasteiger charge is 2.11. The molecular formula is C20H19FN2O2S. The molecule has 4 nitrogen and oxygen atoms in total. The second-order valence-electron chi connectivity index (χ2n) is 6.30. The maximum absolute atomic E-state index is 12.9. The third kappa shape index (κ3) is 4.25. The first kappa shape index (κ1) is 17.1. The van der Waals surface area contributed by atoms with Gasteiger partial charge in [0, 0.05) is 5.75 Å². The molecule has 0 atom stereocenters. The number of benzene rings is 2. The number of rotatable bonds is 6. The van der Waals surface area contributed by atoms with Crippen LogP contribution in [0.15, 0.2) is 52.1 Å². The molecule has 1 heterocycles. The number of aryl methyl sites for hydroxylation is 2. The third-order valence-electron chi connectivity index (χ3n) is 4.41. The van der Waals surface area contributed by atoms with Gasteiger partial charge in [-0.3, -0.25) is 0 Å². The van der Waals surface area contributed by atoms with Crippen LogP contribution in [0.1, 0.15) is 35.4 Å². The first-order valence-electron chi connectivity index (χ1n) is 8.70. The highest BCUT2D eigenvalue weighted by molar-refractivity contribution is 7.98. The van der Waals surface area contributed by atoms with Crippen LogP contribution in [0.4, 0.5) is 4.39 Å². The second-order valence-corrected chi connectivity index (χ2v) is 7.23. The molecule has 0 unspecified atom stereocenters. The second kappa shape index (κ2) is 7.91. The van der Waals surface area contributed by atoms with E-state index < -0.39 is 0 Å². The van der Waals surface area contributed by atoms with E-state index in [0.717, 1.165) is 24.2 Å². The Morgan fingerprint density at radius 2 is 1.81 bits per heavy atom. The lowest BCUT2D eigenvalue weighted by Crippen LogP contribution is -2.03. The largest absolute Gasteiger partial charge is 0.484 e. The van der Waals surface area contributed by atoms with E-state index in [0.29, 0.717) is 16.9 Å². The summed E-state index contributed by atoms with van der Waals surface area (Å²) < 4.78 is 24.3. The first-order valence-corrected chi connectivity index (χ1v) is 9.69. The smallest absolute Gasteiger partial charge is 0.277 e. The Morgan fingerprint density at radius 1 is 1.00 bits per heavy atom. The fourth-order valence-corrected chi connectivity index (χ4v) is 3.76. The lowest BCUT2D eigenvalue weighted by molar-refractivity contribution is 0.252. The SMILES string of the molecule is Fc1ccc(CSc2nnc(COc3ccc4c(c3)CCCC4)o2)cc1. The van der Waals surface area contributed by atoms with Crippen molar-refractivity contribution in [2.24, 2.45) is 0 Å². The topological polar surface area (TPSA) is 48.2 Å². The Kier molecular flexibility index (Phi) is 5.20. The van der Waals surface area contributed by atoms with E-state index in [1.807, 2.05) is 6.07 Å². The van der Waals surface area contributed by atoms with Crippen molar-refractivity contribution in [3.8, 4) is 5.75 Å². The predicted molar refractivity (Wildman–Crippen MR) is 97.7 cm³/mol. The van der Waals surface area contributed by atoms with Gasteiger partial charge in [-0.15, -0.1) is 10.2 Å². The zero-order valence-electron chi connectivity index (χ0n) is 14.3. The third-order valence-corrected chi connectivity index (χ3v) is 5.30. The highest BCUT2D eigenvalue weighted by atomic mass is 32.2. The van der Waals surface area contributed by atoms with E-state index in [4.69, 9.17) is 9.15 Å². The average Bonchev–Trinajstić information content (AvgIpc) is 3.14. The van der Waals surface area contributed by atoms with Crippen molar-refractivity contribution in [3.63, 3.8) is 0 Å². The molecular weight excluding hydrogens is 351 g/mol. The molecule has 2 aromatic carbocycles. The van der Waals surface area contributed by atoms with Crippen LogP contribution in [0.3, 0.4) is 0 Å². The van der Waals surface area contributed by atoms with E-state index in [9.17, 15) is 4.39 Å². The summed E-state index contributed by atoms with van der Waals surface area (Å²) in [6.07, 6.45) is 4.80. The molecule has 0 saturated carbocycles. The minimum absolute atomic E-state index is 0.238. The van der Waals surface area contributed by atoms with Gasteiger partial charge in [0.15, 0.2) is 6.61 Å². The number of nitrogens with zero attached hydrogens (tertiary/aromatic N) is 2. The van der Waals surface area contributed by atoms with Gasteiger partial charge in [0.05, 0.1) is 0 Å². The van der Waals surface area contributed by atoms with E-state index in [2.05, 4.69) is 22.3 Å². The van der Waals surface area contributed by atoms with Crippen LogP contribution in [0.5, 0.6) is 5.75 Å². The molecule has 1 aliphatic rings. The molecule has 134 valence electrons. The van der Waals surface area contributed by atoms with E-state index >= 15 is 0 Å². The van der Waals surface area contributed by atoms with Gasteiger partial charge in [-0.2, -0.15) is 0 Å². The Bertz CT molecular complexity index is 880. The number of aromatic nitrogens is 2. The summed E-state index contributed by atoms with van der Waals surface area (Å²) in [5.41, 5.74) is 3.82. The highest BCUT2D eigenvalue weighted by Crippen LogP contribution is 2.26. The molecule has 0 saturated heterocycles. The van der Waals surface area contributed by atoms with Gasteiger partial charge in [-0.25, -0.2) is 4.39 Å². The van der Waals surface area contributed by atoms with Gasteiger partial charge >= 0.3 is 0 Å². The monoisotopic (exact) mass is 370 g/mol. The summed E-state index contributed by atoms with van der Waals surface area (Å²) in [6, 6.07) is 12.7. The maximum atomic E-state index is 12.9. The Hall–Kier alpha value is -2.34. The molecule has 0 amide bonds. The minimum atomic E-state index is -0.238. The van der Waals surface area contributed by atoms with Crippen molar-refractivity contribution in [2.45, 2.75) is 43.3 Å². The van der Waals surface area contributed by atoms with Crippen LogP contribution in [0, 0.1) is 5.82 Å². The zero-order valence-corrected chi connectivity index (χ0v) is 15.1. The molecule has 3 aromatic rings. The molecule has 4 rings (SSSR count). The number of halogens is 1. The predicted octanol–water partition coefficient (Wildman–Crippen LogP) is 4.96. The lowest BCUT2D eigenvalue weighted by atomic mass is 9.92. The summed E-state index contributed by atoms with van der Waals surface area (Å²) in [5.74, 6) is 1.69. The van der Waals surface area contributed by atoms with Crippen molar-refractivity contribution in [3.05, 3.63) is 70.9 Å². The van der Waals surface area contributed by atoms with Crippen molar-refractivity contribution in [1.82, 2.24) is 10.2 Å². The quantitative estimate of drug-likeness (QED) is 0.574. The van der Waals surface area contributed by atoms with Gasteiger partial charge in [0.25, 0.3) is 11.1 Å². The molecule has 6 heteroatoms. The van der Waals surface area contributed by atoms with Crippen molar-refractivity contribution < 1.29 is 13.5 Å². The Balaban J connectivity index is 1.31. The molecule has 26 heavy (non-hydrogen) atoms. The fourth-order valence-electron chi connectivity index (χ4n) is 3.03. The molecule has 1 aromatic heterocycles. The Morgan fingerprint density at radius 3 is 2.65 bits per heavy atom. The van der Waals surface area contributed by atoms with E-state index in [-0.39, 0.29) is 12.4 Å². The number of hydrogen-bond acceptors (Lipinski definition) is 5. The Labute approximate surface area is 155 Å². The van der Waals surface area contributed by atoms with Crippen LogP contribution < -0.4 is 4.74 Å². The summed E-state index contributed by atoms with van der Waals surface area (Å²) >= 11 is 1.42. The summed E-state index contributed by atoms with van der Waals surface area (Å²) in [6.45, 7) is 0.253. The lowest BCUT2D eigenvalue weighted by Gasteiger charge is -2.16. The molecule has 0 fully saturated rings. The zero-order chi connectivity index (χ0) is 17.8. The number of thioether (sulfide) groups is 1. The average molecular weight is 370 g/mol. The summed E-state index contributed by atoms with van der Waals surface area (Å²) in [5, 5.41) is 8.53. The normalized spacial score (nSPS) is 13.4. The van der Waals surface area contributed by atoms with Crippen LogP contribution in [0.2, 0.25) is 0 Å². The van der Waals surface area contributed by atoms with Crippen molar-refractivity contribution in [1.29, 1.82) is 0 Å². The molecule has 0 radical (unpaired) electrons. The maximum Gasteiger partial charge on any atom is 0.277 e. The molecule has 0 spiro atoms. The molecule has 1 aliphatic carbocycles. The molecule has 0 N–H and O–H groups in total. The van der Waals surface area contributed by atoms with Crippen molar-refractivity contribution in [2.75, 3.05) is 0 Å². The van der Waals surface area contributed by atoms with Gasteiger partial charge in [-0.1, -0.05) is 30.0 Å². The van der Waals surface area contributed by atoms with Crippen LogP contribution >= 0.6 is 11.8 Å².